The Hall–Kier alpha value is -2.08. The van der Waals surface area contributed by atoms with Crippen LogP contribution < -0.4 is 4.90 Å². The third kappa shape index (κ3) is 1.94. The highest BCUT2D eigenvalue weighted by Crippen LogP contribution is 2.33. The molecule has 6 nitrogen and oxygen atoms in total. The van der Waals surface area contributed by atoms with E-state index in [0.717, 1.165) is 0 Å². The van der Waals surface area contributed by atoms with E-state index in [4.69, 9.17) is 5.11 Å². The van der Waals surface area contributed by atoms with Crippen molar-refractivity contribution in [3.63, 3.8) is 0 Å². The highest BCUT2D eigenvalue weighted by atomic mass is 16.4. The van der Waals surface area contributed by atoms with Crippen LogP contribution in [0.25, 0.3) is 0 Å². The topological polar surface area (TPSA) is 98.1 Å². The van der Waals surface area contributed by atoms with E-state index in [1.165, 1.54) is 23.1 Å². The van der Waals surface area contributed by atoms with Crippen LogP contribution in [0.3, 0.4) is 0 Å². The van der Waals surface area contributed by atoms with Gasteiger partial charge in [-0.2, -0.15) is 0 Å². The quantitative estimate of drug-likeness (QED) is 0.682. The molecule has 0 aromatic heterocycles. The number of nitrogens with zero attached hydrogens (tertiary/aromatic N) is 1. The first-order valence-electron chi connectivity index (χ1n) is 5.04. The summed E-state index contributed by atoms with van der Waals surface area (Å²) in [6, 6.07) is 4.13. The van der Waals surface area contributed by atoms with Crippen LogP contribution in [0.2, 0.25) is 0 Å². The average molecular weight is 237 g/mol. The minimum Gasteiger partial charge on any atom is -0.505 e. The molecule has 90 valence electrons. The molecule has 2 rings (SSSR count). The summed E-state index contributed by atoms with van der Waals surface area (Å²) in [6.07, 6.45) is -0.799. The van der Waals surface area contributed by atoms with Gasteiger partial charge in [-0.3, -0.25) is 4.79 Å². The van der Waals surface area contributed by atoms with Gasteiger partial charge in [-0.15, -0.1) is 0 Å². The third-order valence-electron chi connectivity index (χ3n) is 2.64. The van der Waals surface area contributed by atoms with Gasteiger partial charge < -0.3 is 20.2 Å². The lowest BCUT2D eigenvalue weighted by molar-refractivity contribution is -0.117. The molecule has 1 fully saturated rings. The summed E-state index contributed by atoms with van der Waals surface area (Å²) in [5.74, 6) is -2.06. The van der Waals surface area contributed by atoms with E-state index >= 15 is 0 Å². The molecule has 0 bridgehead atoms. The number of carboxylic acids is 1. The molecule has 3 N–H and O–H groups in total. The van der Waals surface area contributed by atoms with Crippen LogP contribution in [0.1, 0.15) is 16.8 Å². The van der Waals surface area contributed by atoms with E-state index in [2.05, 4.69) is 0 Å². The van der Waals surface area contributed by atoms with E-state index in [9.17, 15) is 19.8 Å². The van der Waals surface area contributed by atoms with Crippen LogP contribution in [-0.2, 0) is 4.79 Å². The summed E-state index contributed by atoms with van der Waals surface area (Å²) in [5.41, 5.74) is -0.150. The number of aliphatic hydroxyl groups is 1. The van der Waals surface area contributed by atoms with Crippen molar-refractivity contribution in [1.29, 1.82) is 0 Å². The van der Waals surface area contributed by atoms with Gasteiger partial charge in [-0.05, 0) is 12.1 Å². The molecule has 0 saturated carbocycles. The number of hydrogen-bond acceptors (Lipinski definition) is 4. The average Bonchev–Trinajstić information content (AvgIpc) is 2.57. The van der Waals surface area contributed by atoms with E-state index in [1.54, 1.807) is 0 Å². The SMILES string of the molecule is O=C(O)c1cccc(N2CC(O)CC2=O)c1O. The van der Waals surface area contributed by atoms with Crippen molar-refractivity contribution < 1.29 is 24.9 Å². The van der Waals surface area contributed by atoms with Gasteiger partial charge in [0, 0.05) is 0 Å². The first-order chi connectivity index (χ1) is 8.00. The van der Waals surface area contributed by atoms with Crippen molar-refractivity contribution in [2.24, 2.45) is 0 Å². The second kappa shape index (κ2) is 4.06. The van der Waals surface area contributed by atoms with E-state index in [-0.39, 0.29) is 30.1 Å². The van der Waals surface area contributed by atoms with Gasteiger partial charge in [-0.25, -0.2) is 4.79 Å². The van der Waals surface area contributed by atoms with Crippen molar-refractivity contribution in [1.82, 2.24) is 0 Å². The zero-order chi connectivity index (χ0) is 12.6. The number of hydrogen-bond donors (Lipinski definition) is 3. The van der Waals surface area contributed by atoms with Crippen molar-refractivity contribution in [2.75, 3.05) is 11.4 Å². The minimum atomic E-state index is -1.27. The van der Waals surface area contributed by atoms with Gasteiger partial charge >= 0.3 is 5.97 Å². The van der Waals surface area contributed by atoms with E-state index < -0.39 is 17.8 Å². The number of aromatic hydroxyl groups is 1. The number of carbonyl (C=O) groups excluding carboxylic acids is 1. The zero-order valence-electron chi connectivity index (χ0n) is 8.83. The molecule has 0 spiro atoms. The molecule has 0 aliphatic carbocycles. The van der Waals surface area contributed by atoms with Gasteiger partial charge in [0.05, 0.1) is 24.8 Å². The number of carboxylic acid groups (broad SMARTS) is 1. The molecule has 0 radical (unpaired) electrons. The van der Waals surface area contributed by atoms with Crippen molar-refractivity contribution >= 4 is 17.6 Å². The van der Waals surface area contributed by atoms with E-state index in [1.807, 2.05) is 0 Å². The van der Waals surface area contributed by atoms with E-state index in [0.29, 0.717) is 0 Å². The third-order valence-corrected chi connectivity index (χ3v) is 2.64. The first-order valence-corrected chi connectivity index (χ1v) is 5.04. The summed E-state index contributed by atoms with van der Waals surface area (Å²) in [7, 11) is 0. The molecule has 1 saturated heterocycles. The fourth-order valence-electron chi connectivity index (χ4n) is 1.84. The Morgan fingerprint density at radius 1 is 1.41 bits per heavy atom. The Labute approximate surface area is 96.7 Å². The second-order valence-corrected chi connectivity index (χ2v) is 3.84. The number of rotatable bonds is 2. The maximum Gasteiger partial charge on any atom is 0.339 e. The molecular weight excluding hydrogens is 226 g/mol. The summed E-state index contributed by atoms with van der Waals surface area (Å²) in [5, 5.41) is 27.9. The highest BCUT2D eigenvalue weighted by Gasteiger charge is 2.31. The maximum atomic E-state index is 11.5. The number of carbonyl (C=O) groups is 2. The molecule has 1 aromatic rings. The Morgan fingerprint density at radius 3 is 2.65 bits per heavy atom. The van der Waals surface area contributed by atoms with Gasteiger partial charge in [0.2, 0.25) is 5.91 Å². The van der Waals surface area contributed by atoms with Crippen molar-refractivity contribution in [2.45, 2.75) is 12.5 Å². The summed E-state index contributed by atoms with van der Waals surface area (Å²) in [4.78, 5) is 23.5. The summed E-state index contributed by atoms with van der Waals surface area (Å²) < 4.78 is 0. The van der Waals surface area contributed by atoms with Gasteiger partial charge in [0.25, 0.3) is 0 Å². The maximum absolute atomic E-state index is 11.5. The molecule has 6 heteroatoms. The number of para-hydroxylation sites is 1. The van der Waals surface area contributed by atoms with Crippen LogP contribution in [0, 0.1) is 0 Å². The zero-order valence-corrected chi connectivity index (χ0v) is 8.83. The minimum absolute atomic E-state index is 0.0171. The predicted octanol–water partition coefficient (Wildman–Crippen LogP) is 0.188. The van der Waals surface area contributed by atoms with Gasteiger partial charge in [-0.1, -0.05) is 6.07 Å². The Morgan fingerprint density at radius 2 is 2.12 bits per heavy atom. The van der Waals surface area contributed by atoms with Crippen LogP contribution in [-0.4, -0.2) is 39.8 Å². The smallest absolute Gasteiger partial charge is 0.339 e. The molecule has 1 amide bonds. The van der Waals surface area contributed by atoms with Crippen LogP contribution in [0.5, 0.6) is 5.75 Å². The highest BCUT2D eigenvalue weighted by molar-refractivity contribution is 6.00. The lowest BCUT2D eigenvalue weighted by atomic mass is 10.1. The number of anilines is 1. The number of aliphatic hydroxyl groups excluding tert-OH is 1. The lowest BCUT2D eigenvalue weighted by Gasteiger charge is -2.17. The van der Waals surface area contributed by atoms with Gasteiger partial charge in [0.1, 0.15) is 5.56 Å². The standard InChI is InChI=1S/C11H11NO5/c13-6-4-9(14)12(5-6)8-3-1-2-7(10(8)15)11(16)17/h1-3,6,13,15H,4-5H2,(H,16,17). The molecule has 1 aliphatic heterocycles. The van der Waals surface area contributed by atoms with Crippen molar-refractivity contribution in [3.05, 3.63) is 23.8 Å². The van der Waals surface area contributed by atoms with Crippen molar-refractivity contribution in [3.8, 4) is 5.75 Å². The fraction of sp³-hybridized carbons (Fsp3) is 0.273. The largest absolute Gasteiger partial charge is 0.505 e. The Balaban J connectivity index is 2.43. The number of β-amino-alcohol motifs (C(OH)–C–C–N with tert-alkyl or cyclic N) is 1. The van der Waals surface area contributed by atoms with Crippen LogP contribution in [0.4, 0.5) is 5.69 Å². The predicted molar refractivity (Wildman–Crippen MR) is 58.0 cm³/mol. The molecule has 1 aromatic carbocycles. The second-order valence-electron chi connectivity index (χ2n) is 3.84. The summed E-state index contributed by atoms with van der Waals surface area (Å²) >= 11 is 0. The number of aromatic carboxylic acids is 1. The number of phenols is 1. The molecule has 1 atom stereocenters. The monoisotopic (exact) mass is 237 g/mol. The number of amides is 1. The normalized spacial score (nSPS) is 19.7. The Kier molecular flexibility index (Phi) is 2.72. The van der Waals surface area contributed by atoms with Crippen LogP contribution >= 0.6 is 0 Å². The molecule has 17 heavy (non-hydrogen) atoms. The lowest BCUT2D eigenvalue weighted by Crippen LogP contribution is -2.25. The molecule has 1 unspecified atom stereocenters. The Bertz CT molecular complexity index is 485. The summed E-state index contributed by atoms with van der Waals surface area (Å²) in [6.45, 7) is 0.0649. The molecule has 1 heterocycles. The van der Waals surface area contributed by atoms with Crippen LogP contribution in [0.15, 0.2) is 18.2 Å². The fourth-order valence-corrected chi connectivity index (χ4v) is 1.84. The molecular formula is C11H11NO5. The number of benzene rings is 1. The van der Waals surface area contributed by atoms with Gasteiger partial charge in [0.15, 0.2) is 5.75 Å². The molecule has 1 aliphatic rings. The first kappa shape index (κ1) is 11.4.